The number of nitrogens with two attached hydrogens (primary N) is 1. The summed E-state index contributed by atoms with van der Waals surface area (Å²) in [6.07, 6.45) is 0. The second kappa shape index (κ2) is 3.72. The topological polar surface area (TPSA) is 61.5 Å². The van der Waals surface area contributed by atoms with Crippen LogP contribution in [0.4, 0.5) is 0 Å². The lowest BCUT2D eigenvalue weighted by Crippen LogP contribution is -2.01. The van der Waals surface area contributed by atoms with Crippen molar-refractivity contribution in [2.75, 3.05) is 6.66 Å². The highest BCUT2D eigenvalue weighted by atomic mass is 31.2. The highest BCUT2D eigenvalue weighted by molar-refractivity contribution is 7.53. The van der Waals surface area contributed by atoms with Gasteiger partial charge in [0, 0.05) is 0 Å². The third-order valence-electron chi connectivity index (χ3n) is 1.21. The van der Waals surface area contributed by atoms with Crippen molar-refractivity contribution in [3.05, 3.63) is 30.3 Å². The predicted molar refractivity (Wildman–Crippen MR) is 45.9 cm³/mol. The van der Waals surface area contributed by atoms with Gasteiger partial charge in [-0.15, -0.1) is 0 Å². The van der Waals surface area contributed by atoms with E-state index >= 15 is 0 Å². The molecule has 1 aromatic carbocycles. The van der Waals surface area contributed by atoms with Gasteiger partial charge in [0.15, 0.2) is 0 Å². The highest BCUT2D eigenvalue weighted by Crippen LogP contribution is 2.41. The first-order valence-electron chi connectivity index (χ1n) is 3.35. The van der Waals surface area contributed by atoms with Crippen LogP contribution in [0, 0.1) is 0 Å². The van der Waals surface area contributed by atoms with Gasteiger partial charge in [-0.2, -0.15) is 0 Å². The molecule has 0 aliphatic heterocycles. The lowest BCUT2D eigenvalue weighted by Gasteiger charge is -2.10. The second-order valence-electron chi connectivity index (χ2n) is 2.28. The second-order valence-corrected chi connectivity index (χ2v) is 4.22. The summed E-state index contributed by atoms with van der Waals surface area (Å²) in [6.45, 7) is 1.31. The number of rotatable bonds is 3. The van der Waals surface area contributed by atoms with Gasteiger partial charge >= 0.3 is 7.60 Å². The molecule has 0 aromatic heterocycles. The van der Waals surface area contributed by atoms with E-state index in [1.807, 2.05) is 6.07 Å². The van der Waals surface area contributed by atoms with E-state index in [-0.39, 0.29) is 0 Å². The average Bonchev–Trinajstić information content (AvgIpc) is 2.06. The molecule has 66 valence electrons. The Balaban J connectivity index is 2.71. The summed E-state index contributed by atoms with van der Waals surface area (Å²) in [5.74, 6) is 5.25. The third-order valence-corrected chi connectivity index (χ3v) is 2.13. The smallest absolute Gasteiger partial charge is 0.392 e. The van der Waals surface area contributed by atoms with Crippen LogP contribution >= 0.6 is 7.60 Å². The first-order chi connectivity index (χ1) is 5.64. The van der Waals surface area contributed by atoms with E-state index in [1.165, 1.54) is 6.66 Å². The molecule has 0 fully saturated rings. The van der Waals surface area contributed by atoms with Gasteiger partial charge in [0.1, 0.15) is 5.75 Å². The maximum Gasteiger partial charge on any atom is 0.392 e. The van der Waals surface area contributed by atoms with E-state index in [4.69, 9.17) is 10.4 Å². The van der Waals surface area contributed by atoms with Gasteiger partial charge in [-0.1, -0.05) is 18.2 Å². The Kier molecular flexibility index (Phi) is 2.87. The summed E-state index contributed by atoms with van der Waals surface area (Å²) >= 11 is 0. The number of para-hydroxylation sites is 1. The minimum absolute atomic E-state index is 0.480. The van der Waals surface area contributed by atoms with Crippen LogP contribution in [0.25, 0.3) is 0 Å². The van der Waals surface area contributed by atoms with E-state index in [0.29, 0.717) is 5.75 Å². The molecule has 1 rings (SSSR count). The van der Waals surface area contributed by atoms with Crippen LogP contribution in [0.15, 0.2) is 30.3 Å². The molecular formula is C7H10NO3P. The van der Waals surface area contributed by atoms with Crippen LogP contribution in [0.3, 0.4) is 0 Å². The Morgan fingerprint density at radius 1 is 1.33 bits per heavy atom. The van der Waals surface area contributed by atoms with Crippen LogP contribution in [0.5, 0.6) is 5.75 Å². The molecule has 1 aromatic rings. The van der Waals surface area contributed by atoms with Crippen molar-refractivity contribution in [3.63, 3.8) is 0 Å². The van der Waals surface area contributed by atoms with Gasteiger partial charge in [0.25, 0.3) is 0 Å². The molecule has 0 bridgehead atoms. The molecule has 12 heavy (non-hydrogen) atoms. The standard InChI is InChI=1S/C7H10NO3P/c1-12(9,11-8)10-7-5-3-2-4-6-7/h2-6H,8H2,1H3. The fraction of sp³-hybridized carbons (Fsp3) is 0.143. The monoisotopic (exact) mass is 187 g/mol. The van der Waals surface area contributed by atoms with Crippen LogP contribution in [0.2, 0.25) is 0 Å². The molecule has 0 amide bonds. The summed E-state index contributed by atoms with van der Waals surface area (Å²) in [7, 11) is -3.12. The first-order valence-corrected chi connectivity index (χ1v) is 5.34. The summed E-state index contributed by atoms with van der Waals surface area (Å²) in [6, 6.07) is 8.72. The zero-order chi connectivity index (χ0) is 9.03. The highest BCUT2D eigenvalue weighted by Gasteiger charge is 2.16. The van der Waals surface area contributed by atoms with Crippen LogP contribution in [-0.2, 0) is 9.19 Å². The van der Waals surface area contributed by atoms with E-state index in [1.54, 1.807) is 24.3 Å². The molecule has 1 atom stereocenters. The molecule has 0 saturated heterocycles. The molecule has 0 aliphatic carbocycles. The SMILES string of the molecule is CP(=O)(ON)Oc1ccccc1. The zero-order valence-corrected chi connectivity index (χ0v) is 7.53. The minimum Gasteiger partial charge on any atom is -0.424 e. The average molecular weight is 187 g/mol. The van der Waals surface area contributed by atoms with Crippen LogP contribution < -0.4 is 10.4 Å². The lowest BCUT2D eigenvalue weighted by molar-refractivity contribution is 0.279. The van der Waals surface area contributed by atoms with Gasteiger partial charge in [-0.3, -0.25) is 0 Å². The van der Waals surface area contributed by atoms with Crippen molar-refractivity contribution in [2.24, 2.45) is 5.90 Å². The van der Waals surface area contributed by atoms with Gasteiger partial charge in [0.05, 0.1) is 6.66 Å². The van der Waals surface area contributed by atoms with Gasteiger partial charge in [-0.25, -0.2) is 15.1 Å². The summed E-state index contributed by atoms with van der Waals surface area (Å²) < 4.78 is 20.3. The maximum absolute atomic E-state index is 11.2. The van der Waals surface area contributed by atoms with Crippen molar-refractivity contribution in [3.8, 4) is 5.75 Å². The van der Waals surface area contributed by atoms with E-state index in [2.05, 4.69) is 4.62 Å². The van der Waals surface area contributed by atoms with Crippen LogP contribution in [0.1, 0.15) is 0 Å². The fourth-order valence-corrected chi connectivity index (χ4v) is 1.24. The molecular weight excluding hydrogens is 177 g/mol. The third kappa shape index (κ3) is 2.66. The van der Waals surface area contributed by atoms with Gasteiger partial charge < -0.3 is 4.52 Å². The van der Waals surface area contributed by atoms with E-state index in [0.717, 1.165) is 0 Å². The number of hydrogen-bond acceptors (Lipinski definition) is 4. The molecule has 0 saturated carbocycles. The van der Waals surface area contributed by atoms with Gasteiger partial charge in [0.2, 0.25) is 0 Å². The Morgan fingerprint density at radius 3 is 2.42 bits per heavy atom. The Bertz CT molecular complexity index is 288. The predicted octanol–water partition coefficient (Wildman–Crippen LogP) is 1.78. The largest absolute Gasteiger partial charge is 0.424 e. The Morgan fingerprint density at radius 2 is 1.92 bits per heavy atom. The molecule has 0 aliphatic rings. The Labute approximate surface area is 70.8 Å². The maximum atomic E-state index is 11.2. The van der Waals surface area contributed by atoms with Crippen molar-refractivity contribution < 1.29 is 13.7 Å². The molecule has 0 spiro atoms. The summed E-state index contributed by atoms with van der Waals surface area (Å²) in [4.78, 5) is 0. The zero-order valence-electron chi connectivity index (χ0n) is 6.64. The number of benzene rings is 1. The first kappa shape index (κ1) is 9.26. The molecule has 4 nitrogen and oxygen atoms in total. The fourth-order valence-electron chi connectivity index (χ4n) is 0.694. The van der Waals surface area contributed by atoms with Crippen molar-refractivity contribution in [1.29, 1.82) is 0 Å². The quantitative estimate of drug-likeness (QED) is 0.578. The van der Waals surface area contributed by atoms with Gasteiger partial charge in [-0.05, 0) is 12.1 Å². The molecule has 1 unspecified atom stereocenters. The molecule has 5 heteroatoms. The molecule has 2 N–H and O–H groups in total. The number of hydrogen-bond donors (Lipinski definition) is 1. The van der Waals surface area contributed by atoms with Crippen molar-refractivity contribution in [2.45, 2.75) is 0 Å². The minimum atomic E-state index is -3.12. The summed E-state index contributed by atoms with van der Waals surface area (Å²) in [5, 5.41) is 0. The molecule has 0 radical (unpaired) electrons. The van der Waals surface area contributed by atoms with E-state index in [9.17, 15) is 4.57 Å². The lowest BCUT2D eigenvalue weighted by atomic mass is 10.3. The summed E-state index contributed by atoms with van der Waals surface area (Å²) in [5.41, 5.74) is 0. The van der Waals surface area contributed by atoms with Crippen molar-refractivity contribution >= 4 is 7.60 Å². The molecule has 0 heterocycles. The Hall–Kier alpha value is -0.830. The van der Waals surface area contributed by atoms with E-state index < -0.39 is 7.60 Å². The van der Waals surface area contributed by atoms with Crippen LogP contribution in [-0.4, -0.2) is 6.66 Å². The normalized spacial score (nSPS) is 15.2. The van der Waals surface area contributed by atoms with Crippen molar-refractivity contribution in [1.82, 2.24) is 0 Å².